The molecule has 0 unspecified atom stereocenters. The number of hydrogen-bond acceptors (Lipinski definition) is 0. The van der Waals surface area contributed by atoms with Gasteiger partial charge in [-0.15, -0.1) is 0 Å². The summed E-state index contributed by atoms with van der Waals surface area (Å²) in [7, 11) is 0. The molecule has 0 N–H and O–H groups in total. The molecule has 0 fully saturated rings. The van der Waals surface area contributed by atoms with Crippen molar-refractivity contribution in [2.75, 3.05) is 0 Å². The Balaban J connectivity index is 3.09. The van der Waals surface area contributed by atoms with E-state index in [1.807, 2.05) is 6.08 Å². The molecule has 0 aromatic carbocycles. The zero-order valence-electron chi connectivity index (χ0n) is 9.81. The molecule has 0 aromatic rings. The third-order valence-corrected chi connectivity index (χ3v) is 2.20. The van der Waals surface area contributed by atoms with E-state index >= 15 is 0 Å². The first-order valence-corrected chi connectivity index (χ1v) is 6.05. The first-order valence-electron chi connectivity index (χ1n) is 6.05. The van der Waals surface area contributed by atoms with Crippen molar-refractivity contribution < 1.29 is 0 Å². The summed E-state index contributed by atoms with van der Waals surface area (Å²) in [6.45, 7) is 4.34. The minimum Gasteiger partial charge on any atom is -0.0988 e. The zero-order valence-corrected chi connectivity index (χ0v) is 9.81. The zero-order chi connectivity index (χ0) is 10.5. The highest BCUT2D eigenvalue weighted by Crippen LogP contribution is 2.06. The average molecular weight is 192 g/mol. The largest absolute Gasteiger partial charge is 0.0988 e. The molecule has 80 valence electrons. The van der Waals surface area contributed by atoms with Crippen molar-refractivity contribution in [1.29, 1.82) is 0 Å². The summed E-state index contributed by atoms with van der Waals surface area (Å²) in [5.74, 6) is 6.05. The van der Waals surface area contributed by atoms with Crippen molar-refractivity contribution in [2.24, 2.45) is 0 Å². The van der Waals surface area contributed by atoms with Gasteiger partial charge in [-0.1, -0.05) is 63.9 Å². The Bertz CT molecular complexity index is 178. The second-order valence-corrected chi connectivity index (χ2v) is 3.63. The first kappa shape index (κ1) is 13.3. The monoisotopic (exact) mass is 192 g/mol. The highest BCUT2D eigenvalue weighted by atomic mass is 13.9. The molecule has 14 heavy (non-hydrogen) atoms. The van der Waals surface area contributed by atoms with Crippen LogP contribution >= 0.6 is 0 Å². The van der Waals surface area contributed by atoms with Crippen molar-refractivity contribution in [3.8, 4) is 11.8 Å². The summed E-state index contributed by atoms with van der Waals surface area (Å²) < 4.78 is 0. The summed E-state index contributed by atoms with van der Waals surface area (Å²) in [6, 6.07) is 0. The molecule has 0 heterocycles. The van der Waals surface area contributed by atoms with Crippen LogP contribution in [0, 0.1) is 11.8 Å². The molecule has 0 aromatic heterocycles. The topological polar surface area (TPSA) is 0 Å². The van der Waals surface area contributed by atoms with E-state index in [1.54, 1.807) is 0 Å². The maximum absolute atomic E-state index is 3.03. The molecule has 0 nitrogen and oxygen atoms in total. The lowest BCUT2D eigenvalue weighted by atomic mass is 10.1. The summed E-state index contributed by atoms with van der Waals surface area (Å²) in [4.78, 5) is 0. The lowest BCUT2D eigenvalue weighted by Crippen LogP contribution is -1.77. The Morgan fingerprint density at radius 2 is 1.64 bits per heavy atom. The van der Waals surface area contributed by atoms with E-state index in [-0.39, 0.29) is 0 Å². The Hall–Kier alpha value is -0.700. The van der Waals surface area contributed by atoms with Gasteiger partial charge in [0, 0.05) is 6.42 Å². The molecule has 0 bridgehead atoms. The van der Waals surface area contributed by atoms with E-state index < -0.39 is 0 Å². The van der Waals surface area contributed by atoms with Gasteiger partial charge in [0.05, 0.1) is 0 Å². The smallest absolute Gasteiger partial charge is 0.00637 e. The lowest BCUT2D eigenvalue weighted by molar-refractivity contribution is 0.611. The Morgan fingerprint density at radius 3 is 2.36 bits per heavy atom. The Morgan fingerprint density at radius 1 is 0.929 bits per heavy atom. The van der Waals surface area contributed by atoms with Gasteiger partial charge in [-0.25, -0.2) is 0 Å². The predicted octanol–water partition coefficient (Wildman–Crippen LogP) is 4.71. The summed E-state index contributed by atoms with van der Waals surface area (Å²) in [5, 5.41) is 0. The molecule has 0 spiro atoms. The molecule has 0 aliphatic heterocycles. The van der Waals surface area contributed by atoms with E-state index in [9.17, 15) is 0 Å². The number of rotatable bonds is 7. The average Bonchev–Trinajstić information content (AvgIpc) is 2.21. The van der Waals surface area contributed by atoms with E-state index in [1.165, 1.54) is 44.9 Å². The molecule has 0 aliphatic rings. The number of unbranched alkanes of at least 4 members (excludes halogenated alkanes) is 6. The minimum atomic E-state index is 0.960. The van der Waals surface area contributed by atoms with E-state index in [4.69, 9.17) is 0 Å². The standard InChI is InChI=1S/C14H24/c1-3-5-7-9-11-13-14-12-10-8-6-4-2/h10,12H,3-5,7,9,11,13-14H2,1-2H3/b12-10-. The SMILES string of the molecule is CCC#C/C=C\CCCCCCCC. The van der Waals surface area contributed by atoms with Crippen LogP contribution in [-0.4, -0.2) is 0 Å². The fourth-order valence-corrected chi connectivity index (χ4v) is 1.35. The van der Waals surface area contributed by atoms with Crippen LogP contribution in [0.25, 0.3) is 0 Å². The molecule has 0 atom stereocenters. The lowest BCUT2D eigenvalue weighted by Gasteiger charge is -1.96. The molecule has 0 rings (SSSR count). The van der Waals surface area contributed by atoms with Gasteiger partial charge in [0.15, 0.2) is 0 Å². The highest BCUT2D eigenvalue weighted by Gasteiger charge is 1.87. The molecular formula is C14H24. The molecular weight excluding hydrogens is 168 g/mol. The van der Waals surface area contributed by atoms with Crippen molar-refractivity contribution in [2.45, 2.75) is 65.2 Å². The van der Waals surface area contributed by atoms with Gasteiger partial charge in [0.1, 0.15) is 0 Å². The quantitative estimate of drug-likeness (QED) is 0.405. The maximum atomic E-state index is 3.03. The van der Waals surface area contributed by atoms with Crippen molar-refractivity contribution in [3.63, 3.8) is 0 Å². The molecule has 0 heteroatoms. The van der Waals surface area contributed by atoms with Gasteiger partial charge in [0.2, 0.25) is 0 Å². The van der Waals surface area contributed by atoms with Gasteiger partial charge >= 0.3 is 0 Å². The van der Waals surface area contributed by atoms with Crippen LogP contribution in [0.4, 0.5) is 0 Å². The third kappa shape index (κ3) is 11.3. The van der Waals surface area contributed by atoms with Crippen molar-refractivity contribution in [1.82, 2.24) is 0 Å². The summed E-state index contributed by atoms with van der Waals surface area (Å²) in [6.07, 6.45) is 14.6. The van der Waals surface area contributed by atoms with E-state index in [2.05, 4.69) is 31.8 Å². The molecule has 0 saturated carbocycles. The number of allylic oxidation sites excluding steroid dienone is 2. The van der Waals surface area contributed by atoms with Crippen molar-refractivity contribution >= 4 is 0 Å². The second kappa shape index (κ2) is 12.3. The number of hydrogen-bond donors (Lipinski definition) is 0. The van der Waals surface area contributed by atoms with Crippen LogP contribution in [0.15, 0.2) is 12.2 Å². The van der Waals surface area contributed by atoms with E-state index in [0.29, 0.717) is 0 Å². The summed E-state index contributed by atoms with van der Waals surface area (Å²) in [5.41, 5.74) is 0. The fraction of sp³-hybridized carbons (Fsp3) is 0.714. The first-order chi connectivity index (χ1) is 6.91. The van der Waals surface area contributed by atoms with Crippen LogP contribution < -0.4 is 0 Å². The highest BCUT2D eigenvalue weighted by molar-refractivity contribution is 5.14. The van der Waals surface area contributed by atoms with Crippen molar-refractivity contribution in [3.05, 3.63) is 12.2 Å². The molecule has 0 saturated heterocycles. The molecule has 0 amide bonds. The Kier molecular flexibility index (Phi) is 11.7. The van der Waals surface area contributed by atoms with Gasteiger partial charge in [-0.05, 0) is 18.9 Å². The summed E-state index contributed by atoms with van der Waals surface area (Å²) >= 11 is 0. The van der Waals surface area contributed by atoms with Gasteiger partial charge in [-0.3, -0.25) is 0 Å². The van der Waals surface area contributed by atoms with Crippen LogP contribution in [0.2, 0.25) is 0 Å². The van der Waals surface area contributed by atoms with Crippen LogP contribution in [0.1, 0.15) is 65.2 Å². The van der Waals surface area contributed by atoms with Crippen LogP contribution in [0.5, 0.6) is 0 Å². The van der Waals surface area contributed by atoms with Crippen LogP contribution in [0.3, 0.4) is 0 Å². The molecule has 0 radical (unpaired) electrons. The fourth-order valence-electron chi connectivity index (χ4n) is 1.35. The van der Waals surface area contributed by atoms with Crippen LogP contribution in [-0.2, 0) is 0 Å². The predicted molar refractivity (Wildman–Crippen MR) is 65.2 cm³/mol. The van der Waals surface area contributed by atoms with Gasteiger partial charge in [0.25, 0.3) is 0 Å². The second-order valence-electron chi connectivity index (χ2n) is 3.63. The van der Waals surface area contributed by atoms with E-state index in [0.717, 1.165) is 6.42 Å². The minimum absolute atomic E-state index is 0.960. The normalized spacial score (nSPS) is 10.1. The third-order valence-electron chi connectivity index (χ3n) is 2.20. The van der Waals surface area contributed by atoms with Gasteiger partial charge in [-0.2, -0.15) is 0 Å². The van der Waals surface area contributed by atoms with Gasteiger partial charge < -0.3 is 0 Å². The molecule has 0 aliphatic carbocycles. The maximum Gasteiger partial charge on any atom is 0.00637 e. The Labute approximate surface area is 89.8 Å².